The number of hydrogen-bond donors (Lipinski definition) is 1. The van der Waals surface area contributed by atoms with Crippen molar-refractivity contribution in [2.24, 2.45) is 0 Å². The topological polar surface area (TPSA) is 94.3 Å². The number of aromatic nitrogens is 3. The van der Waals surface area contributed by atoms with Crippen LogP contribution in [0.15, 0.2) is 22.6 Å². The second-order valence-corrected chi connectivity index (χ2v) is 8.09. The van der Waals surface area contributed by atoms with Crippen molar-refractivity contribution in [3.8, 4) is 18.0 Å². The Morgan fingerprint density at radius 1 is 1.13 bits per heavy atom. The van der Waals surface area contributed by atoms with Gasteiger partial charge in [-0.25, -0.2) is 4.98 Å². The van der Waals surface area contributed by atoms with Crippen molar-refractivity contribution in [3.05, 3.63) is 67.9 Å². The number of rotatable bonds is 3. The van der Waals surface area contributed by atoms with Crippen LogP contribution < -0.4 is 0 Å². The lowest BCUT2D eigenvalue weighted by Crippen LogP contribution is -2.00. The maximum atomic E-state index is 9.78. The van der Waals surface area contributed by atoms with Gasteiger partial charge in [-0.2, -0.15) is 10.5 Å². The number of fused-ring (bicyclic) bond motifs is 1. The molecule has 0 aliphatic heterocycles. The first-order valence-corrected chi connectivity index (χ1v) is 10.2. The molecule has 0 aliphatic rings. The maximum Gasteiger partial charge on any atom is 0.222 e. The summed E-state index contributed by atoms with van der Waals surface area (Å²) >= 11 is 12.2. The van der Waals surface area contributed by atoms with Crippen LogP contribution in [0.3, 0.4) is 0 Å². The number of halogens is 2. The fourth-order valence-electron chi connectivity index (χ4n) is 3.59. The fraction of sp³-hybridized carbons (Fsp3) is 0.174. The van der Waals surface area contributed by atoms with Crippen LogP contribution in [0.25, 0.3) is 28.6 Å². The standard InChI is InChI=1S/C23H17Cl2N5O/c1-11-5-15(13(3)30(11)23-17(10-27)12(2)14(4)31-23)6-16(9-26)22-28-20-7-18(24)19(25)8-21(20)29-22/h5-8H,1-4H3,(H,28,29). The fourth-order valence-corrected chi connectivity index (χ4v) is 3.91. The quantitative estimate of drug-likeness (QED) is 0.364. The van der Waals surface area contributed by atoms with Gasteiger partial charge in [-0.1, -0.05) is 23.2 Å². The van der Waals surface area contributed by atoms with Gasteiger partial charge < -0.3 is 9.40 Å². The van der Waals surface area contributed by atoms with Gasteiger partial charge in [-0.05, 0) is 57.5 Å². The van der Waals surface area contributed by atoms with Gasteiger partial charge in [0.2, 0.25) is 5.88 Å². The Morgan fingerprint density at radius 3 is 2.52 bits per heavy atom. The van der Waals surface area contributed by atoms with E-state index < -0.39 is 0 Å². The van der Waals surface area contributed by atoms with E-state index in [1.54, 1.807) is 18.2 Å². The zero-order valence-corrected chi connectivity index (χ0v) is 18.8. The molecular formula is C23H17Cl2N5O. The molecule has 0 saturated carbocycles. The molecule has 6 nitrogen and oxygen atoms in total. The number of aryl methyl sites for hydroxylation is 2. The van der Waals surface area contributed by atoms with Crippen molar-refractivity contribution in [2.75, 3.05) is 0 Å². The van der Waals surface area contributed by atoms with Crippen LogP contribution >= 0.6 is 23.2 Å². The third-order valence-corrected chi connectivity index (χ3v) is 6.07. The lowest BCUT2D eigenvalue weighted by molar-refractivity contribution is 0.503. The van der Waals surface area contributed by atoms with Gasteiger partial charge in [0.05, 0.1) is 26.7 Å². The molecule has 0 aliphatic carbocycles. The highest BCUT2D eigenvalue weighted by atomic mass is 35.5. The molecule has 0 amide bonds. The van der Waals surface area contributed by atoms with Crippen LogP contribution in [0.1, 0.15) is 39.7 Å². The average molecular weight is 450 g/mol. The number of benzene rings is 1. The van der Waals surface area contributed by atoms with Crippen molar-refractivity contribution >= 4 is 45.9 Å². The third-order valence-electron chi connectivity index (χ3n) is 5.35. The monoisotopic (exact) mass is 449 g/mol. The SMILES string of the molecule is Cc1oc(-n2c(C)cc(C=C(C#N)c3nc4cc(Cl)c(Cl)cc4[nH]3)c2C)c(C#N)c1C. The van der Waals surface area contributed by atoms with E-state index in [0.717, 1.165) is 22.5 Å². The molecule has 3 aromatic heterocycles. The highest BCUT2D eigenvalue weighted by molar-refractivity contribution is 6.42. The summed E-state index contributed by atoms with van der Waals surface area (Å²) in [5, 5.41) is 20.2. The van der Waals surface area contributed by atoms with E-state index in [1.165, 1.54) is 0 Å². The molecule has 0 fully saturated rings. The van der Waals surface area contributed by atoms with E-state index in [1.807, 2.05) is 38.3 Å². The number of nitrogens with one attached hydrogen (secondary N) is 1. The number of imidazole rings is 1. The van der Waals surface area contributed by atoms with Gasteiger partial charge in [0, 0.05) is 17.0 Å². The first kappa shape index (κ1) is 20.8. The molecule has 0 bridgehead atoms. The molecule has 1 N–H and O–H groups in total. The van der Waals surface area contributed by atoms with Crippen molar-refractivity contribution in [1.82, 2.24) is 14.5 Å². The molecule has 3 heterocycles. The molecule has 8 heteroatoms. The molecule has 1 aromatic carbocycles. The summed E-state index contributed by atoms with van der Waals surface area (Å²) in [6.45, 7) is 7.54. The van der Waals surface area contributed by atoms with Crippen LogP contribution in [0, 0.1) is 50.4 Å². The molecule has 0 radical (unpaired) electrons. The van der Waals surface area contributed by atoms with Crippen molar-refractivity contribution < 1.29 is 4.42 Å². The normalized spacial score (nSPS) is 11.7. The number of furan rings is 1. The van der Waals surface area contributed by atoms with Crippen molar-refractivity contribution in [1.29, 1.82) is 10.5 Å². The Kier molecular flexibility index (Phi) is 5.15. The summed E-state index contributed by atoms with van der Waals surface area (Å²) in [6, 6.07) is 9.72. The molecular weight excluding hydrogens is 433 g/mol. The van der Waals surface area contributed by atoms with E-state index in [9.17, 15) is 10.5 Å². The summed E-state index contributed by atoms with van der Waals surface area (Å²) in [5.41, 5.74) is 5.54. The summed E-state index contributed by atoms with van der Waals surface area (Å²) < 4.78 is 7.77. The van der Waals surface area contributed by atoms with Gasteiger partial charge in [-0.3, -0.25) is 4.57 Å². The van der Waals surface area contributed by atoms with Gasteiger partial charge in [0.1, 0.15) is 29.3 Å². The zero-order chi connectivity index (χ0) is 22.4. The van der Waals surface area contributed by atoms with Crippen LogP contribution in [0.2, 0.25) is 10.0 Å². The number of hydrogen-bond acceptors (Lipinski definition) is 4. The number of nitrogens with zero attached hydrogens (tertiary/aromatic N) is 4. The second-order valence-electron chi connectivity index (χ2n) is 7.28. The summed E-state index contributed by atoms with van der Waals surface area (Å²) in [4.78, 5) is 7.61. The largest absolute Gasteiger partial charge is 0.443 e. The van der Waals surface area contributed by atoms with Crippen LogP contribution in [0.4, 0.5) is 0 Å². The van der Waals surface area contributed by atoms with E-state index in [0.29, 0.717) is 49.7 Å². The smallest absolute Gasteiger partial charge is 0.222 e. The molecule has 4 rings (SSSR count). The average Bonchev–Trinajstić information content (AvgIpc) is 3.34. The molecule has 0 spiro atoms. The Morgan fingerprint density at radius 2 is 1.84 bits per heavy atom. The molecule has 0 unspecified atom stereocenters. The molecule has 154 valence electrons. The minimum absolute atomic E-state index is 0.357. The van der Waals surface area contributed by atoms with E-state index >= 15 is 0 Å². The molecule has 0 atom stereocenters. The highest BCUT2D eigenvalue weighted by Crippen LogP contribution is 2.31. The van der Waals surface area contributed by atoms with Crippen molar-refractivity contribution in [2.45, 2.75) is 27.7 Å². The Hall–Kier alpha value is -3.45. The zero-order valence-electron chi connectivity index (χ0n) is 17.3. The lowest BCUT2D eigenvalue weighted by atomic mass is 10.1. The van der Waals surface area contributed by atoms with E-state index in [2.05, 4.69) is 22.1 Å². The van der Waals surface area contributed by atoms with E-state index in [-0.39, 0.29) is 0 Å². The summed E-state index contributed by atoms with van der Waals surface area (Å²) in [6.07, 6.45) is 1.76. The first-order chi connectivity index (χ1) is 14.7. The van der Waals surface area contributed by atoms with Crippen molar-refractivity contribution in [3.63, 3.8) is 0 Å². The summed E-state index contributed by atoms with van der Waals surface area (Å²) in [5.74, 6) is 1.61. The Bertz CT molecular complexity index is 1430. The first-order valence-electron chi connectivity index (χ1n) is 9.41. The molecule has 0 saturated heterocycles. The third kappa shape index (κ3) is 3.41. The number of nitriles is 2. The molecule has 4 aromatic rings. The van der Waals surface area contributed by atoms with Crippen LogP contribution in [0.5, 0.6) is 0 Å². The molecule has 31 heavy (non-hydrogen) atoms. The van der Waals surface area contributed by atoms with Gasteiger partial charge in [0.15, 0.2) is 0 Å². The maximum absolute atomic E-state index is 9.78. The second kappa shape index (κ2) is 7.67. The predicted molar refractivity (Wildman–Crippen MR) is 121 cm³/mol. The van der Waals surface area contributed by atoms with Gasteiger partial charge >= 0.3 is 0 Å². The minimum Gasteiger partial charge on any atom is -0.443 e. The number of aromatic amines is 1. The van der Waals surface area contributed by atoms with Crippen LogP contribution in [-0.4, -0.2) is 14.5 Å². The van der Waals surface area contributed by atoms with Gasteiger partial charge in [-0.15, -0.1) is 0 Å². The Labute approximate surface area is 188 Å². The summed E-state index contributed by atoms with van der Waals surface area (Å²) in [7, 11) is 0. The Balaban J connectivity index is 1.84. The predicted octanol–water partition coefficient (Wildman–Crippen LogP) is 6.42. The lowest BCUT2D eigenvalue weighted by Gasteiger charge is -2.06. The van der Waals surface area contributed by atoms with Crippen LogP contribution in [-0.2, 0) is 0 Å². The van der Waals surface area contributed by atoms with E-state index in [4.69, 9.17) is 27.6 Å². The number of H-pyrrole nitrogens is 1. The highest BCUT2D eigenvalue weighted by Gasteiger charge is 2.20. The van der Waals surface area contributed by atoms with Gasteiger partial charge in [0.25, 0.3) is 0 Å². The number of allylic oxidation sites excluding steroid dienone is 1. The minimum atomic E-state index is 0.357.